The lowest BCUT2D eigenvalue weighted by molar-refractivity contribution is -0.137. The molecule has 8 heteroatoms. The molecule has 3 heterocycles. The minimum atomic E-state index is -4.46. The van der Waals surface area contributed by atoms with Crippen molar-refractivity contribution in [2.75, 3.05) is 6.61 Å². The second-order valence-corrected chi connectivity index (χ2v) is 7.09. The molecular weight excluding hydrogens is 405 g/mol. The predicted molar refractivity (Wildman–Crippen MR) is 113 cm³/mol. The largest absolute Gasteiger partial charge is 0.492 e. The molecule has 0 radical (unpaired) electrons. The molecule has 0 unspecified atom stereocenters. The maximum atomic E-state index is 13.3. The first-order valence-electron chi connectivity index (χ1n) is 9.84. The van der Waals surface area contributed by atoms with Gasteiger partial charge in [-0.15, -0.1) is 0 Å². The number of fused-ring (bicyclic) bond motifs is 1. The van der Waals surface area contributed by atoms with Crippen LogP contribution in [0.15, 0.2) is 55.0 Å². The Bertz CT molecular complexity index is 1220. The summed E-state index contributed by atoms with van der Waals surface area (Å²) < 4.78 is 45.6. The molecule has 0 saturated carbocycles. The zero-order valence-corrected chi connectivity index (χ0v) is 16.8. The molecular formula is C23H21F3N4O. The molecule has 3 aromatic heterocycles. The normalized spacial score (nSPS) is 11.8. The average molecular weight is 426 g/mol. The van der Waals surface area contributed by atoms with E-state index in [1.54, 1.807) is 12.4 Å². The van der Waals surface area contributed by atoms with Gasteiger partial charge in [-0.1, -0.05) is 6.07 Å². The molecule has 5 nitrogen and oxygen atoms in total. The van der Waals surface area contributed by atoms with Crippen molar-refractivity contribution < 1.29 is 17.9 Å². The molecule has 0 aliphatic heterocycles. The van der Waals surface area contributed by atoms with Crippen LogP contribution in [0, 0.1) is 0 Å². The van der Waals surface area contributed by atoms with Crippen LogP contribution in [0.4, 0.5) is 13.2 Å². The highest BCUT2D eigenvalue weighted by Gasteiger charge is 2.31. The van der Waals surface area contributed by atoms with E-state index in [0.29, 0.717) is 35.6 Å². The van der Waals surface area contributed by atoms with Crippen molar-refractivity contribution in [3.8, 4) is 17.0 Å². The van der Waals surface area contributed by atoms with E-state index in [2.05, 4.69) is 15.0 Å². The molecule has 0 amide bonds. The Labute approximate surface area is 177 Å². The number of benzene rings is 1. The van der Waals surface area contributed by atoms with E-state index in [1.165, 1.54) is 6.07 Å². The molecule has 0 atom stereocenters. The van der Waals surface area contributed by atoms with Gasteiger partial charge in [0.25, 0.3) is 0 Å². The Morgan fingerprint density at radius 2 is 1.94 bits per heavy atom. The number of hydrogen-bond donors (Lipinski definition) is 2. The number of nitrogens with zero attached hydrogens (tertiary/aromatic N) is 2. The Kier molecular flexibility index (Phi) is 5.65. The molecule has 0 aliphatic carbocycles. The number of ether oxygens (including phenoxy) is 1. The Balaban J connectivity index is 1.76. The fourth-order valence-corrected chi connectivity index (χ4v) is 3.58. The quantitative estimate of drug-likeness (QED) is 0.450. The standard InChI is InChI=1S/C23H21F3N4O/c1-2-31-20-9-14(8-16-13-30-22-18(16)4-3-7-28-22)12-29-21(20)19-10-17(23(24,25)26)6-5-15(19)11-27/h3-7,9-10,12-13H,2,8,11,27H2,1H3,(H,28,30). The van der Waals surface area contributed by atoms with Gasteiger partial charge in [0.15, 0.2) is 0 Å². The first kappa shape index (κ1) is 20.9. The first-order chi connectivity index (χ1) is 14.9. The van der Waals surface area contributed by atoms with Crippen molar-refractivity contribution in [3.05, 3.63) is 77.2 Å². The molecule has 160 valence electrons. The third-order valence-electron chi connectivity index (χ3n) is 5.05. The number of H-pyrrole nitrogens is 1. The van der Waals surface area contributed by atoms with Gasteiger partial charge < -0.3 is 15.5 Å². The van der Waals surface area contributed by atoms with Gasteiger partial charge in [-0.3, -0.25) is 4.98 Å². The van der Waals surface area contributed by atoms with E-state index in [9.17, 15) is 13.2 Å². The van der Waals surface area contributed by atoms with E-state index in [1.807, 2.05) is 31.3 Å². The fraction of sp³-hybridized carbons (Fsp3) is 0.217. The maximum Gasteiger partial charge on any atom is 0.416 e. The SMILES string of the molecule is CCOc1cc(Cc2c[nH]c3ncccc23)cnc1-c1cc(C(F)(F)F)ccc1CN. The lowest BCUT2D eigenvalue weighted by Crippen LogP contribution is -2.08. The summed E-state index contributed by atoms with van der Waals surface area (Å²) in [6, 6.07) is 9.18. The van der Waals surface area contributed by atoms with Gasteiger partial charge in [0.1, 0.15) is 17.1 Å². The average Bonchev–Trinajstić information content (AvgIpc) is 3.16. The molecule has 4 rings (SSSR count). The minimum absolute atomic E-state index is 0.0881. The number of aromatic nitrogens is 3. The van der Waals surface area contributed by atoms with E-state index < -0.39 is 11.7 Å². The third-order valence-corrected chi connectivity index (χ3v) is 5.05. The number of nitrogens with two attached hydrogens (primary N) is 1. The van der Waals surface area contributed by atoms with Crippen molar-refractivity contribution in [1.29, 1.82) is 0 Å². The van der Waals surface area contributed by atoms with Gasteiger partial charge in [-0.05, 0) is 53.9 Å². The first-order valence-corrected chi connectivity index (χ1v) is 9.84. The highest BCUT2D eigenvalue weighted by molar-refractivity contribution is 5.80. The Morgan fingerprint density at radius 1 is 1.10 bits per heavy atom. The highest BCUT2D eigenvalue weighted by Crippen LogP contribution is 2.37. The smallest absolute Gasteiger partial charge is 0.416 e. The van der Waals surface area contributed by atoms with Crippen LogP contribution in [0.25, 0.3) is 22.3 Å². The zero-order chi connectivity index (χ0) is 22.0. The molecule has 0 spiro atoms. The molecule has 0 fully saturated rings. The zero-order valence-electron chi connectivity index (χ0n) is 16.8. The summed E-state index contributed by atoms with van der Waals surface area (Å²) in [5.41, 5.74) is 8.98. The molecule has 0 aliphatic rings. The van der Waals surface area contributed by atoms with Gasteiger partial charge in [0.05, 0.1) is 12.2 Å². The molecule has 31 heavy (non-hydrogen) atoms. The van der Waals surface area contributed by atoms with Crippen LogP contribution in [0.5, 0.6) is 5.75 Å². The van der Waals surface area contributed by atoms with Crippen LogP contribution in [-0.4, -0.2) is 21.6 Å². The minimum Gasteiger partial charge on any atom is -0.492 e. The summed E-state index contributed by atoms with van der Waals surface area (Å²) >= 11 is 0. The van der Waals surface area contributed by atoms with E-state index >= 15 is 0 Å². The van der Waals surface area contributed by atoms with Crippen molar-refractivity contribution in [3.63, 3.8) is 0 Å². The number of aromatic amines is 1. The van der Waals surface area contributed by atoms with Crippen molar-refractivity contribution in [2.45, 2.75) is 26.1 Å². The molecule has 4 aromatic rings. The predicted octanol–water partition coefficient (Wildman–Crippen LogP) is 5.09. The van der Waals surface area contributed by atoms with Crippen molar-refractivity contribution in [2.24, 2.45) is 5.73 Å². The Morgan fingerprint density at radius 3 is 2.68 bits per heavy atom. The summed E-state index contributed by atoms with van der Waals surface area (Å²) in [4.78, 5) is 11.9. The molecule has 1 aromatic carbocycles. The monoisotopic (exact) mass is 426 g/mol. The third kappa shape index (κ3) is 4.25. The topological polar surface area (TPSA) is 76.8 Å². The van der Waals surface area contributed by atoms with Crippen LogP contribution >= 0.6 is 0 Å². The van der Waals surface area contributed by atoms with Gasteiger partial charge >= 0.3 is 6.18 Å². The van der Waals surface area contributed by atoms with Crippen molar-refractivity contribution in [1.82, 2.24) is 15.0 Å². The van der Waals surface area contributed by atoms with Crippen LogP contribution < -0.4 is 10.5 Å². The Hall–Kier alpha value is -3.39. The van der Waals surface area contributed by atoms with E-state index in [4.69, 9.17) is 10.5 Å². The van der Waals surface area contributed by atoms with Crippen LogP contribution in [0.2, 0.25) is 0 Å². The molecule has 0 saturated heterocycles. The fourth-order valence-electron chi connectivity index (χ4n) is 3.58. The summed E-state index contributed by atoms with van der Waals surface area (Å²) in [7, 11) is 0. The number of hydrogen-bond acceptors (Lipinski definition) is 4. The molecule has 0 bridgehead atoms. The summed E-state index contributed by atoms with van der Waals surface area (Å²) in [5, 5.41) is 1.01. The second kappa shape index (κ2) is 8.39. The van der Waals surface area contributed by atoms with Crippen molar-refractivity contribution >= 4 is 11.0 Å². The lowest BCUT2D eigenvalue weighted by Gasteiger charge is -2.16. The number of nitrogens with one attached hydrogen (secondary N) is 1. The van der Waals surface area contributed by atoms with Gasteiger partial charge in [0, 0.05) is 42.5 Å². The number of pyridine rings is 2. The van der Waals surface area contributed by atoms with Gasteiger partial charge in [0.2, 0.25) is 0 Å². The maximum absolute atomic E-state index is 13.3. The summed E-state index contributed by atoms with van der Waals surface area (Å²) in [6.45, 7) is 2.26. The second-order valence-electron chi connectivity index (χ2n) is 7.09. The summed E-state index contributed by atoms with van der Waals surface area (Å²) in [5.74, 6) is 0.423. The number of halogens is 3. The van der Waals surface area contributed by atoms with E-state index in [0.717, 1.165) is 34.3 Å². The molecule has 3 N–H and O–H groups in total. The lowest BCUT2D eigenvalue weighted by atomic mass is 9.98. The number of rotatable bonds is 6. The van der Waals surface area contributed by atoms with Crippen LogP contribution in [0.3, 0.4) is 0 Å². The van der Waals surface area contributed by atoms with Gasteiger partial charge in [-0.2, -0.15) is 13.2 Å². The number of alkyl halides is 3. The van der Waals surface area contributed by atoms with Gasteiger partial charge in [-0.25, -0.2) is 4.98 Å². The van der Waals surface area contributed by atoms with Crippen LogP contribution in [-0.2, 0) is 19.1 Å². The highest BCUT2D eigenvalue weighted by atomic mass is 19.4. The van der Waals surface area contributed by atoms with Crippen LogP contribution in [0.1, 0.15) is 29.2 Å². The summed E-state index contributed by atoms with van der Waals surface area (Å²) in [6.07, 6.45) is 1.39. The van der Waals surface area contributed by atoms with E-state index in [-0.39, 0.29) is 6.54 Å².